The van der Waals surface area contributed by atoms with E-state index in [0.29, 0.717) is 28.1 Å². The summed E-state index contributed by atoms with van der Waals surface area (Å²) in [7, 11) is 0. The Morgan fingerprint density at radius 3 is 2.20 bits per heavy atom. The lowest BCUT2D eigenvalue weighted by molar-refractivity contribution is -0.116. The van der Waals surface area contributed by atoms with E-state index < -0.39 is 0 Å². The molecule has 0 unspecified atom stereocenters. The van der Waals surface area contributed by atoms with Gasteiger partial charge in [-0.25, -0.2) is 0 Å². The Kier molecular flexibility index (Phi) is 5.44. The Labute approximate surface area is 174 Å². The van der Waals surface area contributed by atoms with Gasteiger partial charge in [-0.05, 0) is 30.2 Å². The highest BCUT2D eigenvalue weighted by Crippen LogP contribution is 2.32. The van der Waals surface area contributed by atoms with Gasteiger partial charge in [-0.2, -0.15) is 0 Å². The van der Waals surface area contributed by atoms with Crippen LogP contribution >= 0.6 is 0 Å². The second-order valence-electron chi connectivity index (χ2n) is 7.08. The largest absolute Gasteiger partial charge is 0.493 e. The molecule has 0 heterocycles. The van der Waals surface area contributed by atoms with Gasteiger partial charge in [-0.1, -0.05) is 55.5 Å². The molecular formula is C25H21NO4. The van der Waals surface area contributed by atoms with Gasteiger partial charge in [0.25, 0.3) is 0 Å². The predicted octanol–water partition coefficient (Wildman–Crippen LogP) is 4.43. The van der Waals surface area contributed by atoms with Crippen molar-refractivity contribution in [1.82, 2.24) is 0 Å². The van der Waals surface area contributed by atoms with Crippen molar-refractivity contribution in [2.75, 3.05) is 11.9 Å². The maximum atomic E-state index is 13.0. The van der Waals surface area contributed by atoms with E-state index in [9.17, 15) is 14.4 Å². The summed E-state index contributed by atoms with van der Waals surface area (Å²) in [6.45, 7) is 2.29. The lowest BCUT2D eigenvalue weighted by Gasteiger charge is -2.20. The van der Waals surface area contributed by atoms with Gasteiger partial charge in [0.05, 0.1) is 24.3 Å². The van der Waals surface area contributed by atoms with Crippen molar-refractivity contribution in [3.05, 3.63) is 94.5 Å². The lowest BCUT2D eigenvalue weighted by Crippen LogP contribution is -2.24. The van der Waals surface area contributed by atoms with Crippen molar-refractivity contribution >= 4 is 23.2 Å². The Bertz CT molecular complexity index is 1130. The molecule has 30 heavy (non-hydrogen) atoms. The molecule has 0 bridgehead atoms. The van der Waals surface area contributed by atoms with Crippen LogP contribution in [-0.4, -0.2) is 24.1 Å². The van der Waals surface area contributed by atoms with Crippen LogP contribution in [0.25, 0.3) is 0 Å². The van der Waals surface area contributed by atoms with Crippen LogP contribution in [0.2, 0.25) is 0 Å². The molecule has 4 rings (SSSR count). The molecule has 0 aromatic heterocycles. The molecule has 0 fully saturated rings. The number of nitrogens with one attached hydrogen (secondary N) is 1. The van der Waals surface area contributed by atoms with E-state index in [-0.39, 0.29) is 36.1 Å². The Balaban J connectivity index is 1.46. The molecule has 1 N–H and O–H groups in total. The molecule has 5 nitrogen and oxygen atoms in total. The van der Waals surface area contributed by atoms with Crippen molar-refractivity contribution in [3.63, 3.8) is 0 Å². The van der Waals surface area contributed by atoms with Crippen LogP contribution in [0.5, 0.6) is 5.75 Å². The summed E-state index contributed by atoms with van der Waals surface area (Å²) in [5.74, 6) is -0.0549. The second-order valence-corrected chi connectivity index (χ2v) is 7.08. The Hall–Kier alpha value is -3.73. The Morgan fingerprint density at radius 1 is 0.833 bits per heavy atom. The number of carbonyl (C=O) groups excluding carboxylic acids is 3. The third kappa shape index (κ3) is 3.74. The Morgan fingerprint density at radius 2 is 1.50 bits per heavy atom. The fourth-order valence-corrected chi connectivity index (χ4v) is 3.54. The molecule has 150 valence electrons. The second kappa shape index (κ2) is 8.33. The maximum Gasteiger partial charge on any atom is 0.227 e. The number of benzene rings is 3. The summed E-state index contributed by atoms with van der Waals surface area (Å²) in [6, 6.07) is 19.4. The van der Waals surface area contributed by atoms with E-state index in [0.717, 1.165) is 6.42 Å². The van der Waals surface area contributed by atoms with E-state index >= 15 is 0 Å². The van der Waals surface area contributed by atoms with Gasteiger partial charge in [0, 0.05) is 16.7 Å². The molecule has 5 heteroatoms. The van der Waals surface area contributed by atoms with Crippen molar-refractivity contribution in [1.29, 1.82) is 0 Å². The summed E-state index contributed by atoms with van der Waals surface area (Å²) in [5.41, 5.74) is 2.86. The van der Waals surface area contributed by atoms with E-state index in [1.165, 1.54) is 5.56 Å². The molecule has 0 spiro atoms. The average Bonchev–Trinajstić information content (AvgIpc) is 2.78. The highest BCUT2D eigenvalue weighted by molar-refractivity contribution is 6.30. The van der Waals surface area contributed by atoms with Gasteiger partial charge in [-0.3, -0.25) is 14.4 Å². The van der Waals surface area contributed by atoms with Crippen LogP contribution in [0.1, 0.15) is 50.8 Å². The summed E-state index contributed by atoms with van der Waals surface area (Å²) >= 11 is 0. The van der Waals surface area contributed by atoms with Crippen LogP contribution in [0.15, 0.2) is 66.7 Å². The number of ketones is 2. The van der Waals surface area contributed by atoms with Gasteiger partial charge < -0.3 is 10.1 Å². The molecule has 0 atom stereocenters. The van der Waals surface area contributed by atoms with E-state index in [2.05, 4.69) is 12.2 Å². The molecule has 0 radical (unpaired) electrons. The fraction of sp³-hybridized carbons (Fsp3) is 0.160. The van der Waals surface area contributed by atoms with Crippen molar-refractivity contribution in [2.24, 2.45) is 0 Å². The quantitative estimate of drug-likeness (QED) is 0.521. The summed E-state index contributed by atoms with van der Waals surface area (Å²) in [6.07, 6.45) is 1.08. The third-order valence-corrected chi connectivity index (χ3v) is 5.16. The summed E-state index contributed by atoms with van der Waals surface area (Å²) in [5, 5.41) is 2.76. The zero-order valence-corrected chi connectivity index (χ0v) is 16.6. The molecule has 1 aliphatic carbocycles. The highest BCUT2D eigenvalue weighted by Gasteiger charge is 2.31. The number of aryl methyl sites for hydroxylation is 1. The number of rotatable bonds is 6. The van der Waals surface area contributed by atoms with Gasteiger partial charge in [0.15, 0.2) is 11.6 Å². The van der Waals surface area contributed by atoms with Crippen LogP contribution in [0.4, 0.5) is 5.69 Å². The summed E-state index contributed by atoms with van der Waals surface area (Å²) < 4.78 is 5.63. The number of anilines is 1. The first-order valence-corrected chi connectivity index (χ1v) is 9.91. The van der Waals surface area contributed by atoms with E-state index in [4.69, 9.17) is 4.74 Å². The highest BCUT2D eigenvalue weighted by atomic mass is 16.5. The first-order valence-electron chi connectivity index (χ1n) is 9.91. The maximum absolute atomic E-state index is 13.0. The lowest BCUT2D eigenvalue weighted by atomic mass is 9.83. The fourth-order valence-electron chi connectivity index (χ4n) is 3.54. The van der Waals surface area contributed by atoms with E-state index in [1.54, 1.807) is 42.5 Å². The molecule has 1 aliphatic rings. The third-order valence-electron chi connectivity index (χ3n) is 5.16. The molecule has 3 aromatic carbocycles. The van der Waals surface area contributed by atoms with Crippen molar-refractivity contribution < 1.29 is 19.1 Å². The number of amides is 1. The van der Waals surface area contributed by atoms with Crippen LogP contribution < -0.4 is 10.1 Å². The average molecular weight is 399 g/mol. The number of hydrogen-bond acceptors (Lipinski definition) is 4. The topological polar surface area (TPSA) is 72.5 Å². The number of hydrogen-bond donors (Lipinski definition) is 1. The SMILES string of the molecule is CCc1ccc(OCCC(=O)Nc2cccc3c2C(=O)c2ccccc2C3=O)cc1. The number of carbonyl (C=O) groups is 3. The number of ether oxygens (including phenoxy) is 1. The van der Waals surface area contributed by atoms with E-state index in [1.807, 2.05) is 24.3 Å². The zero-order valence-electron chi connectivity index (χ0n) is 16.6. The first-order chi connectivity index (χ1) is 14.6. The van der Waals surface area contributed by atoms with Gasteiger partial charge in [0.1, 0.15) is 5.75 Å². The predicted molar refractivity (Wildman–Crippen MR) is 114 cm³/mol. The molecule has 1 amide bonds. The minimum atomic E-state index is -0.285. The molecule has 0 aliphatic heterocycles. The smallest absolute Gasteiger partial charge is 0.227 e. The van der Waals surface area contributed by atoms with Gasteiger partial charge in [-0.15, -0.1) is 0 Å². The van der Waals surface area contributed by atoms with Gasteiger partial charge >= 0.3 is 0 Å². The standard InChI is InChI=1S/C25H21NO4/c1-2-16-10-12-17(13-11-16)30-15-14-22(27)26-21-9-5-8-20-23(21)25(29)19-7-4-3-6-18(19)24(20)28/h3-13H,2,14-15H2,1H3,(H,26,27). The molecule has 0 saturated carbocycles. The molecular weight excluding hydrogens is 378 g/mol. The van der Waals surface area contributed by atoms with Crippen molar-refractivity contribution in [3.8, 4) is 5.75 Å². The van der Waals surface area contributed by atoms with Crippen LogP contribution in [0, 0.1) is 0 Å². The minimum Gasteiger partial charge on any atom is -0.493 e. The minimum absolute atomic E-state index is 0.123. The zero-order chi connectivity index (χ0) is 21.1. The molecule has 0 saturated heterocycles. The van der Waals surface area contributed by atoms with Gasteiger partial charge in [0.2, 0.25) is 5.91 Å². The summed E-state index contributed by atoms with van der Waals surface area (Å²) in [4.78, 5) is 38.2. The normalized spacial score (nSPS) is 12.2. The van der Waals surface area contributed by atoms with Crippen LogP contribution in [-0.2, 0) is 11.2 Å². The first kappa shape index (κ1) is 19.6. The number of fused-ring (bicyclic) bond motifs is 2. The van der Waals surface area contributed by atoms with Crippen molar-refractivity contribution in [2.45, 2.75) is 19.8 Å². The monoisotopic (exact) mass is 399 g/mol. The van der Waals surface area contributed by atoms with Crippen LogP contribution in [0.3, 0.4) is 0 Å². The molecule has 3 aromatic rings.